The Kier molecular flexibility index (Phi) is 3.75. The molecule has 0 radical (unpaired) electrons. The van der Waals surface area contributed by atoms with Crippen LogP contribution in [-0.2, 0) is 0 Å². The van der Waals surface area contributed by atoms with E-state index >= 15 is 0 Å². The third-order valence-corrected chi connectivity index (χ3v) is 1.43. The van der Waals surface area contributed by atoms with E-state index in [4.69, 9.17) is 0 Å². The topological polar surface area (TPSA) is 57.2 Å². The Morgan fingerprint density at radius 3 is 3.15 bits per heavy atom. The van der Waals surface area contributed by atoms with Crippen molar-refractivity contribution in [1.29, 1.82) is 0 Å². The summed E-state index contributed by atoms with van der Waals surface area (Å²) in [5, 5.41) is 2.87. The molecule has 0 unspecified atom stereocenters. The average Bonchev–Trinajstić information content (AvgIpc) is 2.13. The van der Waals surface area contributed by atoms with Crippen molar-refractivity contribution >= 4 is 12.2 Å². The highest BCUT2D eigenvalue weighted by Gasteiger charge is 1.86. The molecule has 0 aromatic carbocycles. The number of H-pyrrole nitrogens is 1. The molecule has 1 heterocycles. The second-order valence-electron chi connectivity index (χ2n) is 2.61. The molecule has 1 aromatic heterocycles. The van der Waals surface area contributed by atoms with E-state index in [2.05, 4.69) is 22.2 Å². The van der Waals surface area contributed by atoms with Gasteiger partial charge in [0.1, 0.15) is 5.82 Å². The van der Waals surface area contributed by atoms with Crippen molar-refractivity contribution < 1.29 is 0 Å². The van der Waals surface area contributed by atoms with Crippen LogP contribution in [0.15, 0.2) is 28.0 Å². The van der Waals surface area contributed by atoms with Gasteiger partial charge in [-0.25, -0.2) is 0 Å². The second kappa shape index (κ2) is 5.13. The Hall–Kier alpha value is -1.58. The summed E-state index contributed by atoms with van der Waals surface area (Å²) in [4.78, 5) is 17.5. The number of aliphatic imine (C=N–C) groups is 1. The van der Waals surface area contributed by atoms with Gasteiger partial charge in [-0.15, -0.1) is 0 Å². The minimum atomic E-state index is -0.117. The van der Waals surface area contributed by atoms with Gasteiger partial charge < -0.3 is 10.3 Å². The summed E-state index contributed by atoms with van der Waals surface area (Å²) in [6.45, 7) is 2.85. The first-order chi connectivity index (χ1) is 6.33. The monoisotopic (exact) mass is 179 g/mol. The van der Waals surface area contributed by atoms with Crippen LogP contribution in [0.4, 0.5) is 5.82 Å². The minimum Gasteiger partial charge on any atom is -0.333 e. The molecule has 1 aromatic rings. The normalized spacial score (nSPS) is 10.5. The maximum Gasteiger partial charge on any atom is 0.249 e. The van der Waals surface area contributed by atoms with E-state index in [1.54, 1.807) is 18.5 Å². The first kappa shape index (κ1) is 9.51. The molecule has 0 aliphatic heterocycles. The maximum absolute atomic E-state index is 10.8. The minimum absolute atomic E-state index is 0.117. The summed E-state index contributed by atoms with van der Waals surface area (Å²) >= 11 is 0. The van der Waals surface area contributed by atoms with Gasteiger partial charge in [0.15, 0.2) is 0 Å². The molecule has 0 aliphatic carbocycles. The molecular formula is C9H13N3O. The molecule has 0 spiro atoms. The summed E-state index contributed by atoms with van der Waals surface area (Å²) in [5.41, 5.74) is -0.117. The number of nitrogens with zero attached hydrogens (tertiary/aromatic N) is 1. The molecule has 0 amide bonds. The lowest BCUT2D eigenvalue weighted by molar-refractivity contribution is 0.936. The fourth-order valence-electron chi connectivity index (χ4n) is 0.841. The number of hydrogen-bond acceptors (Lipinski definition) is 2. The van der Waals surface area contributed by atoms with Gasteiger partial charge in [0.2, 0.25) is 5.56 Å². The number of rotatable bonds is 4. The van der Waals surface area contributed by atoms with Gasteiger partial charge in [0.25, 0.3) is 0 Å². The Balaban J connectivity index is 2.50. The number of aromatic nitrogens is 1. The highest BCUT2D eigenvalue weighted by atomic mass is 16.1. The summed E-state index contributed by atoms with van der Waals surface area (Å²) in [6.07, 6.45) is 2.61. The Bertz CT molecular complexity index is 330. The van der Waals surface area contributed by atoms with Crippen molar-refractivity contribution in [2.45, 2.75) is 13.3 Å². The molecule has 13 heavy (non-hydrogen) atoms. The molecule has 1 rings (SSSR count). The third kappa shape index (κ3) is 3.55. The van der Waals surface area contributed by atoms with Crippen LogP contribution >= 0.6 is 0 Å². The van der Waals surface area contributed by atoms with Crippen LogP contribution in [-0.4, -0.2) is 17.9 Å². The van der Waals surface area contributed by atoms with E-state index in [1.165, 1.54) is 6.07 Å². The third-order valence-electron chi connectivity index (χ3n) is 1.43. The second-order valence-corrected chi connectivity index (χ2v) is 2.61. The molecule has 0 saturated heterocycles. The maximum atomic E-state index is 10.8. The predicted octanol–water partition coefficient (Wildman–Crippen LogP) is 1.23. The SMILES string of the molecule is CCCN=CNc1cccc(=O)[nH]1. The van der Waals surface area contributed by atoms with E-state index < -0.39 is 0 Å². The predicted molar refractivity (Wildman–Crippen MR) is 54.3 cm³/mol. The zero-order valence-electron chi connectivity index (χ0n) is 7.58. The molecule has 0 saturated carbocycles. The first-order valence-corrected chi connectivity index (χ1v) is 4.27. The van der Waals surface area contributed by atoms with Crippen LogP contribution in [0.2, 0.25) is 0 Å². The van der Waals surface area contributed by atoms with Crippen molar-refractivity contribution in [2.24, 2.45) is 4.99 Å². The highest BCUT2D eigenvalue weighted by Crippen LogP contribution is 1.93. The lowest BCUT2D eigenvalue weighted by Gasteiger charge is -1.97. The fourth-order valence-corrected chi connectivity index (χ4v) is 0.841. The lowest BCUT2D eigenvalue weighted by Crippen LogP contribution is -2.07. The Morgan fingerprint density at radius 1 is 1.62 bits per heavy atom. The van der Waals surface area contributed by atoms with E-state index in [-0.39, 0.29) is 5.56 Å². The molecule has 4 nitrogen and oxygen atoms in total. The molecule has 2 N–H and O–H groups in total. The number of pyridine rings is 1. The largest absolute Gasteiger partial charge is 0.333 e. The molecule has 0 fully saturated rings. The van der Waals surface area contributed by atoms with Crippen LogP contribution in [0.3, 0.4) is 0 Å². The van der Waals surface area contributed by atoms with Crippen LogP contribution in [0, 0.1) is 0 Å². The standard InChI is InChI=1S/C9H13N3O/c1-2-6-10-7-11-8-4-3-5-9(13)12-8/h3-5,7H,2,6H2,1H3,(H2,10,11,12,13). The van der Waals surface area contributed by atoms with E-state index in [0.717, 1.165) is 13.0 Å². The Labute approximate surface area is 76.7 Å². The van der Waals surface area contributed by atoms with Crippen LogP contribution in [0.25, 0.3) is 0 Å². The fraction of sp³-hybridized carbons (Fsp3) is 0.333. The number of hydrogen-bond donors (Lipinski definition) is 2. The van der Waals surface area contributed by atoms with Crippen molar-refractivity contribution in [3.8, 4) is 0 Å². The highest BCUT2D eigenvalue weighted by molar-refractivity contribution is 5.73. The van der Waals surface area contributed by atoms with Crippen molar-refractivity contribution in [1.82, 2.24) is 4.98 Å². The van der Waals surface area contributed by atoms with Gasteiger partial charge in [-0.2, -0.15) is 0 Å². The molecule has 0 aliphatic rings. The molecule has 70 valence electrons. The van der Waals surface area contributed by atoms with Gasteiger partial charge in [-0.3, -0.25) is 9.79 Å². The van der Waals surface area contributed by atoms with Crippen LogP contribution in [0.1, 0.15) is 13.3 Å². The van der Waals surface area contributed by atoms with Gasteiger partial charge in [-0.05, 0) is 12.5 Å². The van der Waals surface area contributed by atoms with E-state index in [0.29, 0.717) is 5.82 Å². The van der Waals surface area contributed by atoms with Gasteiger partial charge in [-0.1, -0.05) is 13.0 Å². The quantitative estimate of drug-likeness (QED) is 0.539. The van der Waals surface area contributed by atoms with Crippen molar-refractivity contribution in [2.75, 3.05) is 11.9 Å². The van der Waals surface area contributed by atoms with Crippen molar-refractivity contribution in [3.63, 3.8) is 0 Å². The molecule has 0 atom stereocenters. The number of aromatic amines is 1. The van der Waals surface area contributed by atoms with Gasteiger partial charge in [0.05, 0.1) is 6.34 Å². The first-order valence-electron chi connectivity index (χ1n) is 4.27. The Morgan fingerprint density at radius 2 is 2.46 bits per heavy atom. The summed E-state index contributed by atoms with van der Waals surface area (Å²) in [6, 6.07) is 4.93. The summed E-state index contributed by atoms with van der Waals surface area (Å²) < 4.78 is 0. The smallest absolute Gasteiger partial charge is 0.249 e. The number of nitrogens with one attached hydrogen (secondary N) is 2. The number of anilines is 1. The van der Waals surface area contributed by atoms with E-state index in [1.807, 2.05) is 0 Å². The average molecular weight is 179 g/mol. The molecule has 0 bridgehead atoms. The summed E-state index contributed by atoms with van der Waals surface area (Å²) in [7, 11) is 0. The lowest BCUT2D eigenvalue weighted by atomic mass is 10.4. The molecular weight excluding hydrogens is 166 g/mol. The zero-order chi connectivity index (χ0) is 9.52. The van der Waals surface area contributed by atoms with Crippen LogP contribution < -0.4 is 10.9 Å². The summed E-state index contributed by atoms with van der Waals surface area (Å²) in [5.74, 6) is 0.660. The van der Waals surface area contributed by atoms with Gasteiger partial charge in [0, 0.05) is 12.6 Å². The zero-order valence-corrected chi connectivity index (χ0v) is 7.58. The van der Waals surface area contributed by atoms with Crippen LogP contribution in [0.5, 0.6) is 0 Å². The van der Waals surface area contributed by atoms with Gasteiger partial charge >= 0.3 is 0 Å². The van der Waals surface area contributed by atoms with E-state index in [9.17, 15) is 4.79 Å². The molecule has 4 heteroatoms. The van der Waals surface area contributed by atoms with Crippen molar-refractivity contribution in [3.05, 3.63) is 28.6 Å².